The summed E-state index contributed by atoms with van der Waals surface area (Å²) in [7, 11) is 0. The van der Waals surface area contributed by atoms with Crippen LogP contribution in [0.5, 0.6) is 0 Å². The van der Waals surface area contributed by atoms with Gasteiger partial charge in [-0.05, 0) is 54.4 Å². The van der Waals surface area contributed by atoms with Gasteiger partial charge in [-0.2, -0.15) is 0 Å². The van der Waals surface area contributed by atoms with Crippen molar-refractivity contribution < 1.29 is 19.2 Å². The van der Waals surface area contributed by atoms with Crippen LogP contribution in [0, 0.1) is 27.6 Å². The molecule has 0 bridgehead atoms. The van der Waals surface area contributed by atoms with Crippen molar-refractivity contribution in [3.63, 3.8) is 0 Å². The predicted molar refractivity (Wildman–Crippen MR) is 224 cm³/mol. The molecular formula is C48H76O4. The topological polar surface area (TPSA) is 68.3 Å². The van der Waals surface area contributed by atoms with Gasteiger partial charge in [0.15, 0.2) is 0 Å². The van der Waals surface area contributed by atoms with E-state index in [9.17, 15) is 19.2 Å². The number of rotatable bonds is 12. The van der Waals surface area contributed by atoms with E-state index in [4.69, 9.17) is 0 Å². The van der Waals surface area contributed by atoms with Crippen LogP contribution in [-0.4, -0.2) is 23.1 Å². The highest BCUT2D eigenvalue weighted by atomic mass is 16.1. The standard InChI is InChI=1S/C16H20O.C13H18O.C11H22O.C8H16O/c1-16(2,3)15(17)11-10-13-9-8-12-6-4-5-7-14(12)13;1-13(2,3)12(14)10-9-11-7-5-4-6-8-11;1-6-7-8-9(2)10(12)11(3,4)5;1-5-6-7(9)8(2,3)4/h4-7,9H,8,10-11H2,1-3H3;4-8H,9-10H2,1-3H3;9H,6-8H2,1-5H3;5-6H2,1-4H3. The first-order valence-corrected chi connectivity index (χ1v) is 19.8. The van der Waals surface area contributed by atoms with Crippen molar-refractivity contribution in [2.45, 2.75) is 168 Å². The molecular weight excluding hydrogens is 641 g/mol. The van der Waals surface area contributed by atoms with Gasteiger partial charge in [-0.15, -0.1) is 0 Å². The number of Topliss-reactive ketones (excluding diaryl/α,β-unsaturated/α-hetero) is 4. The van der Waals surface area contributed by atoms with Gasteiger partial charge in [0.25, 0.3) is 0 Å². The molecule has 3 rings (SSSR count). The van der Waals surface area contributed by atoms with E-state index in [1.807, 2.05) is 115 Å². The van der Waals surface area contributed by atoms with Crippen LogP contribution in [-0.2, 0) is 32.0 Å². The molecule has 0 aliphatic heterocycles. The molecule has 1 aliphatic rings. The maximum Gasteiger partial charge on any atom is 0.140 e. The van der Waals surface area contributed by atoms with Crippen LogP contribution < -0.4 is 0 Å². The van der Waals surface area contributed by atoms with E-state index in [-0.39, 0.29) is 27.6 Å². The molecule has 0 aromatic heterocycles. The van der Waals surface area contributed by atoms with Crippen LogP contribution in [0.4, 0.5) is 0 Å². The molecule has 52 heavy (non-hydrogen) atoms. The van der Waals surface area contributed by atoms with Crippen LogP contribution in [0.2, 0.25) is 0 Å². The Kier molecular flexibility index (Phi) is 21.4. The molecule has 2 aromatic carbocycles. The van der Waals surface area contributed by atoms with E-state index in [1.54, 1.807) is 0 Å². The first kappa shape index (κ1) is 48.9. The summed E-state index contributed by atoms with van der Waals surface area (Å²) in [5.74, 6) is 1.69. The summed E-state index contributed by atoms with van der Waals surface area (Å²) in [5.41, 5.74) is 4.62. The SMILES string of the molecule is CC(C)(C)C(=O)CCC1=CCc2ccccc21.CC(C)(C)C(=O)CCc1ccccc1.CCCC(=O)C(C)(C)C.CCCCC(C)C(=O)C(C)(C)C. The van der Waals surface area contributed by atoms with Gasteiger partial charge in [0.05, 0.1) is 0 Å². The Morgan fingerprint density at radius 2 is 1.04 bits per heavy atom. The van der Waals surface area contributed by atoms with Gasteiger partial charge >= 0.3 is 0 Å². The minimum atomic E-state index is -0.210. The molecule has 0 heterocycles. The maximum atomic E-state index is 11.9. The van der Waals surface area contributed by atoms with E-state index in [0.717, 1.165) is 38.5 Å². The fourth-order valence-electron chi connectivity index (χ4n) is 5.47. The number of aryl methyl sites for hydroxylation is 1. The average Bonchev–Trinajstić information content (AvgIpc) is 3.47. The highest BCUT2D eigenvalue weighted by Crippen LogP contribution is 2.32. The Morgan fingerprint density at radius 1 is 0.577 bits per heavy atom. The number of carbonyl (C=O) groups is 4. The van der Waals surface area contributed by atoms with E-state index < -0.39 is 0 Å². The Morgan fingerprint density at radius 3 is 1.48 bits per heavy atom. The molecule has 0 N–H and O–H groups in total. The monoisotopic (exact) mass is 717 g/mol. The molecule has 1 atom stereocenters. The van der Waals surface area contributed by atoms with Crippen molar-refractivity contribution in [2.75, 3.05) is 0 Å². The Hall–Kier alpha value is -3.14. The van der Waals surface area contributed by atoms with Crippen LogP contribution in [0.3, 0.4) is 0 Å². The molecule has 4 heteroatoms. The first-order chi connectivity index (χ1) is 23.9. The summed E-state index contributed by atoms with van der Waals surface area (Å²) < 4.78 is 0. The Bertz CT molecular complexity index is 1400. The van der Waals surface area contributed by atoms with E-state index >= 15 is 0 Å². The zero-order chi connectivity index (χ0) is 40.3. The lowest BCUT2D eigenvalue weighted by Gasteiger charge is -2.21. The van der Waals surface area contributed by atoms with Gasteiger partial charge in [-0.25, -0.2) is 0 Å². The third-order valence-electron chi connectivity index (χ3n) is 9.20. The highest BCUT2D eigenvalue weighted by molar-refractivity contribution is 5.86. The molecule has 0 radical (unpaired) electrons. The second kappa shape index (κ2) is 22.8. The molecule has 292 valence electrons. The second-order valence-corrected chi connectivity index (χ2v) is 18.5. The smallest absolute Gasteiger partial charge is 0.140 e. The van der Waals surface area contributed by atoms with Crippen molar-refractivity contribution >= 4 is 28.7 Å². The van der Waals surface area contributed by atoms with Crippen LogP contribution >= 0.6 is 0 Å². The van der Waals surface area contributed by atoms with Crippen LogP contribution in [0.25, 0.3) is 5.57 Å². The summed E-state index contributed by atoms with van der Waals surface area (Å²) >= 11 is 0. The third kappa shape index (κ3) is 20.2. The van der Waals surface area contributed by atoms with E-state index in [0.29, 0.717) is 36.0 Å². The fourth-order valence-corrected chi connectivity index (χ4v) is 5.47. The zero-order valence-corrected chi connectivity index (χ0v) is 36.1. The molecule has 1 unspecified atom stereocenters. The number of unbranched alkanes of at least 4 members (excludes halogenated alkanes) is 1. The van der Waals surface area contributed by atoms with Gasteiger partial charge in [0.1, 0.15) is 23.1 Å². The van der Waals surface area contributed by atoms with Gasteiger partial charge in [-0.1, -0.05) is 177 Å². The highest BCUT2D eigenvalue weighted by Gasteiger charge is 2.26. The van der Waals surface area contributed by atoms with Crippen molar-refractivity contribution in [2.24, 2.45) is 27.6 Å². The molecule has 2 aromatic rings. The van der Waals surface area contributed by atoms with Gasteiger partial charge in [0.2, 0.25) is 0 Å². The number of hydrogen-bond acceptors (Lipinski definition) is 4. The molecule has 4 nitrogen and oxygen atoms in total. The first-order valence-electron chi connectivity index (χ1n) is 19.8. The molecule has 0 saturated carbocycles. The van der Waals surface area contributed by atoms with Crippen LogP contribution in [0.1, 0.15) is 172 Å². The summed E-state index contributed by atoms with van der Waals surface area (Å²) in [5, 5.41) is 0. The minimum Gasteiger partial charge on any atom is -0.299 e. The maximum absolute atomic E-state index is 11.9. The minimum absolute atomic E-state index is 0.129. The molecule has 0 saturated heterocycles. The lowest BCUT2D eigenvalue weighted by atomic mass is 9.82. The summed E-state index contributed by atoms with van der Waals surface area (Å²) in [6.45, 7) is 30.0. The number of ketones is 4. The number of fused-ring (bicyclic) bond motifs is 1. The molecule has 0 fully saturated rings. The van der Waals surface area contributed by atoms with Gasteiger partial charge in [-0.3, -0.25) is 19.2 Å². The lowest BCUT2D eigenvalue weighted by Crippen LogP contribution is -2.26. The zero-order valence-electron chi connectivity index (χ0n) is 36.1. The Labute approximate surface area is 320 Å². The predicted octanol–water partition coefficient (Wildman–Crippen LogP) is 13.1. The normalized spacial score (nSPS) is 13.1. The van der Waals surface area contributed by atoms with E-state index in [1.165, 1.54) is 35.1 Å². The third-order valence-corrected chi connectivity index (χ3v) is 9.20. The molecule has 1 aliphatic carbocycles. The number of carbonyl (C=O) groups excluding carboxylic acids is 4. The molecule has 0 spiro atoms. The number of allylic oxidation sites excluding steroid dienone is 2. The number of hydrogen-bond donors (Lipinski definition) is 0. The quantitative estimate of drug-likeness (QED) is 0.219. The second-order valence-electron chi connectivity index (χ2n) is 18.5. The Balaban J connectivity index is 0.000000685. The average molecular weight is 717 g/mol. The van der Waals surface area contributed by atoms with Crippen molar-refractivity contribution in [1.29, 1.82) is 0 Å². The van der Waals surface area contributed by atoms with Crippen LogP contribution in [0.15, 0.2) is 60.7 Å². The van der Waals surface area contributed by atoms with Gasteiger partial charge in [0, 0.05) is 46.8 Å². The number of benzene rings is 2. The molecule has 0 amide bonds. The lowest BCUT2D eigenvalue weighted by molar-refractivity contribution is -0.130. The summed E-state index contributed by atoms with van der Waals surface area (Å²) in [6, 6.07) is 18.6. The largest absolute Gasteiger partial charge is 0.299 e. The van der Waals surface area contributed by atoms with Crippen molar-refractivity contribution in [3.8, 4) is 0 Å². The summed E-state index contributed by atoms with van der Waals surface area (Å²) in [4.78, 5) is 46.3. The van der Waals surface area contributed by atoms with Crippen molar-refractivity contribution in [3.05, 3.63) is 77.4 Å². The van der Waals surface area contributed by atoms with E-state index in [2.05, 4.69) is 49.4 Å². The van der Waals surface area contributed by atoms with Gasteiger partial charge < -0.3 is 0 Å². The van der Waals surface area contributed by atoms with Crippen molar-refractivity contribution in [1.82, 2.24) is 0 Å². The summed E-state index contributed by atoms with van der Waals surface area (Å²) in [6.07, 6.45) is 11.4. The fraction of sp³-hybridized carbons (Fsp3) is 0.625.